The second kappa shape index (κ2) is 6.74. The highest BCUT2D eigenvalue weighted by molar-refractivity contribution is 5.22. The van der Waals surface area contributed by atoms with Gasteiger partial charge in [-0.3, -0.25) is 0 Å². The number of likely N-dealkylation sites (N-methyl/N-ethyl adjacent to an activating group) is 1. The maximum Gasteiger partial charge on any atom is 0.105 e. The average molecular weight is 235 g/mol. The van der Waals surface area contributed by atoms with E-state index in [4.69, 9.17) is 9.47 Å². The average Bonchev–Trinajstić information content (AvgIpc) is 2.29. The van der Waals surface area contributed by atoms with Crippen LogP contribution in [0.1, 0.15) is 18.1 Å². The van der Waals surface area contributed by atoms with Crippen LogP contribution in [-0.4, -0.2) is 32.4 Å². The van der Waals surface area contributed by atoms with Crippen molar-refractivity contribution in [2.45, 2.75) is 26.1 Å². The van der Waals surface area contributed by atoms with Crippen molar-refractivity contribution in [1.29, 1.82) is 0 Å². The predicted octanol–water partition coefficient (Wildman–Crippen LogP) is 1.75. The second-order valence-electron chi connectivity index (χ2n) is 4.39. The number of hydrogen-bond donors (Lipinski definition) is 1. The standard InChI is InChI=1S/C14H21NO2/c1-2-15-8-7-12-3-5-13(6-4-12)9-17-14-10-16-11-14/h3-6,14-15H,2,7-11H2,1H3. The molecule has 17 heavy (non-hydrogen) atoms. The van der Waals surface area contributed by atoms with Gasteiger partial charge in [-0.2, -0.15) is 0 Å². The van der Waals surface area contributed by atoms with Crippen LogP contribution in [0.5, 0.6) is 0 Å². The lowest BCUT2D eigenvalue weighted by Gasteiger charge is -2.25. The van der Waals surface area contributed by atoms with Crippen LogP contribution in [0.25, 0.3) is 0 Å². The molecule has 1 N–H and O–H groups in total. The third-order valence-electron chi connectivity index (χ3n) is 2.96. The third kappa shape index (κ3) is 4.11. The van der Waals surface area contributed by atoms with Gasteiger partial charge < -0.3 is 14.8 Å². The van der Waals surface area contributed by atoms with Gasteiger partial charge in [0.1, 0.15) is 6.10 Å². The first-order chi connectivity index (χ1) is 8.38. The summed E-state index contributed by atoms with van der Waals surface area (Å²) >= 11 is 0. The van der Waals surface area contributed by atoms with Crippen LogP contribution in [0.3, 0.4) is 0 Å². The summed E-state index contributed by atoms with van der Waals surface area (Å²) in [6, 6.07) is 8.68. The maximum atomic E-state index is 5.67. The Balaban J connectivity index is 1.72. The topological polar surface area (TPSA) is 30.5 Å². The highest BCUT2D eigenvalue weighted by Crippen LogP contribution is 2.11. The SMILES string of the molecule is CCNCCc1ccc(COC2COC2)cc1. The molecule has 0 aliphatic carbocycles. The normalized spacial score (nSPS) is 15.8. The molecule has 0 unspecified atom stereocenters. The highest BCUT2D eigenvalue weighted by Gasteiger charge is 2.18. The van der Waals surface area contributed by atoms with Crippen molar-refractivity contribution in [3.63, 3.8) is 0 Å². The lowest BCUT2D eigenvalue weighted by molar-refractivity contribution is -0.135. The van der Waals surface area contributed by atoms with E-state index in [-0.39, 0.29) is 0 Å². The Bertz CT molecular complexity index is 319. The molecule has 0 atom stereocenters. The molecule has 0 spiro atoms. The molecule has 1 fully saturated rings. The van der Waals surface area contributed by atoms with Gasteiger partial charge in [-0.05, 0) is 30.6 Å². The van der Waals surface area contributed by atoms with Gasteiger partial charge in [0.15, 0.2) is 0 Å². The van der Waals surface area contributed by atoms with E-state index in [1.54, 1.807) is 0 Å². The molecule has 2 rings (SSSR count). The Morgan fingerprint density at radius 3 is 2.53 bits per heavy atom. The van der Waals surface area contributed by atoms with E-state index in [9.17, 15) is 0 Å². The first kappa shape index (κ1) is 12.6. The van der Waals surface area contributed by atoms with Crippen LogP contribution in [0.2, 0.25) is 0 Å². The van der Waals surface area contributed by atoms with E-state index in [1.807, 2.05) is 0 Å². The van der Waals surface area contributed by atoms with Crippen molar-refractivity contribution in [1.82, 2.24) is 5.32 Å². The molecule has 1 aliphatic heterocycles. The van der Waals surface area contributed by atoms with E-state index >= 15 is 0 Å². The minimum absolute atomic E-state index is 0.309. The van der Waals surface area contributed by atoms with Gasteiger partial charge >= 0.3 is 0 Å². The van der Waals surface area contributed by atoms with Crippen LogP contribution < -0.4 is 5.32 Å². The summed E-state index contributed by atoms with van der Waals surface area (Å²) in [5.41, 5.74) is 2.62. The van der Waals surface area contributed by atoms with Crippen LogP contribution in [-0.2, 0) is 22.5 Å². The molecule has 1 aromatic rings. The van der Waals surface area contributed by atoms with E-state index in [0.717, 1.165) is 32.7 Å². The summed E-state index contributed by atoms with van der Waals surface area (Å²) in [5, 5.41) is 3.33. The summed E-state index contributed by atoms with van der Waals surface area (Å²) in [4.78, 5) is 0. The molecule has 1 saturated heterocycles. The number of rotatable bonds is 7. The van der Waals surface area contributed by atoms with Crippen molar-refractivity contribution in [3.8, 4) is 0 Å². The molecule has 1 aromatic carbocycles. The van der Waals surface area contributed by atoms with Crippen LogP contribution in [0, 0.1) is 0 Å². The van der Waals surface area contributed by atoms with E-state index in [1.165, 1.54) is 11.1 Å². The zero-order valence-corrected chi connectivity index (χ0v) is 10.4. The van der Waals surface area contributed by atoms with Crippen molar-refractivity contribution in [3.05, 3.63) is 35.4 Å². The Labute approximate surface area is 103 Å². The molecule has 3 heteroatoms. The Hall–Kier alpha value is -0.900. The van der Waals surface area contributed by atoms with Gasteiger partial charge in [-0.25, -0.2) is 0 Å². The van der Waals surface area contributed by atoms with Gasteiger partial charge in [-0.15, -0.1) is 0 Å². The fourth-order valence-electron chi connectivity index (χ4n) is 1.74. The van der Waals surface area contributed by atoms with Gasteiger partial charge in [-0.1, -0.05) is 31.2 Å². The van der Waals surface area contributed by atoms with Crippen molar-refractivity contribution < 1.29 is 9.47 Å². The quantitative estimate of drug-likeness (QED) is 0.730. The molecule has 3 nitrogen and oxygen atoms in total. The summed E-state index contributed by atoms with van der Waals surface area (Å²) in [6.45, 7) is 6.41. The zero-order valence-electron chi connectivity index (χ0n) is 10.4. The van der Waals surface area contributed by atoms with Crippen molar-refractivity contribution in [2.75, 3.05) is 26.3 Å². The minimum Gasteiger partial charge on any atom is -0.376 e. The lowest BCUT2D eigenvalue weighted by atomic mass is 10.1. The van der Waals surface area contributed by atoms with Gasteiger partial charge in [0.2, 0.25) is 0 Å². The molecule has 94 valence electrons. The van der Waals surface area contributed by atoms with Gasteiger partial charge in [0.05, 0.1) is 19.8 Å². The molecular weight excluding hydrogens is 214 g/mol. The van der Waals surface area contributed by atoms with E-state index in [2.05, 4.69) is 36.5 Å². The number of ether oxygens (including phenoxy) is 2. The van der Waals surface area contributed by atoms with Gasteiger partial charge in [0, 0.05) is 0 Å². The number of benzene rings is 1. The monoisotopic (exact) mass is 235 g/mol. The van der Waals surface area contributed by atoms with E-state index < -0.39 is 0 Å². The molecule has 0 amide bonds. The maximum absolute atomic E-state index is 5.67. The Kier molecular flexibility index (Phi) is 4.98. The summed E-state index contributed by atoms with van der Waals surface area (Å²) in [5.74, 6) is 0. The fraction of sp³-hybridized carbons (Fsp3) is 0.571. The molecule has 0 bridgehead atoms. The number of nitrogens with one attached hydrogen (secondary N) is 1. The number of hydrogen-bond acceptors (Lipinski definition) is 3. The third-order valence-corrected chi connectivity index (χ3v) is 2.96. The first-order valence-electron chi connectivity index (χ1n) is 6.36. The fourth-order valence-corrected chi connectivity index (χ4v) is 1.74. The van der Waals surface area contributed by atoms with Crippen molar-refractivity contribution in [2.24, 2.45) is 0 Å². The molecular formula is C14H21NO2. The minimum atomic E-state index is 0.309. The zero-order chi connectivity index (χ0) is 11.9. The molecule has 0 aromatic heterocycles. The molecule has 0 radical (unpaired) electrons. The van der Waals surface area contributed by atoms with Crippen LogP contribution in [0.4, 0.5) is 0 Å². The van der Waals surface area contributed by atoms with Crippen LogP contribution >= 0.6 is 0 Å². The lowest BCUT2D eigenvalue weighted by Crippen LogP contribution is -2.35. The predicted molar refractivity (Wildman–Crippen MR) is 68.1 cm³/mol. The molecule has 1 aliphatic rings. The van der Waals surface area contributed by atoms with E-state index in [0.29, 0.717) is 12.7 Å². The van der Waals surface area contributed by atoms with Crippen LogP contribution in [0.15, 0.2) is 24.3 Å². The summed E-state index contributed by atoms with van der Waals surface area (Å²) in [6.07, 6.45) is 1.40. The Morgan fingerprint density at radius 1 is 1.24 bits per heavy atom. The summed E-state index contributed by atoms with van der Waals surface area (Å²) < 4.78 is 10.7. The molecule has 0 saturated carbocycles. The second-order valence-corrected chi connectivity index (χ2v) is 4.39. The molecule has 1 heterocycles. The summed E-state index contributed by atoms with van der Waals surface area (Å²) in [7, 11) is 0. The Morgan fingerprint density at radius 2 is 1.94 bits per heavy atom. The highest BCUT2D eigenvalue weighted by atomic mass is 16.6. The first-order valence-corrected chi connectivity index (χ1v) is 6.36. The smallest absolute Gasteiger partial charge is 0.105 e. The largest absolute Gasteiger partial charge is 0.376 e. The van der Waals surface area contributed by atoms with Gasteiger partial charge in [0.25, 0.3) is 0 Å². The van der Waals surface area contributed by atoms with Crippen molar-refractivity contribution >= 4 is 0 Å².